The third kappa shape index (κ3) is 3.79. The Morgan fingerprint density at radius 3 is 2.30 bits per heavy atom. The van der Waals surface area contributed by atoms with Gasteiger partial charge in [0.25, 0.3) is 0 Å². The van der Waals surface area contributed by atoms with Crippen LogP contribution in [0.2, 0.25) is 0 Å². The van der Waals surface area contributed by atoms with Gasteiger partial charge in [0.15, 0.2) is 5.79 Å². The molecule has 2 saturated heterocycles. The predicted molar refractivity (Wildman–Crippen MR) is 83.1 cm³/mol. The first kappa shape index (κ1) is 18.4. The molecular formula is C16H29N2O5. The van der Waals surface area contributed by atoms with E-state index in [9.17, 15) is 10.0 Å². The van der Waals surface area contributed by atoms with Crippen LogP contribution >= 0.6 is 0 Å². The maximum atomic E-state index is 12.3. The second-order valence-electron chi connectivity index (χ2n) is 8.17. The number of hydrogen-bond donors (Lipinski definition) is 0. The molecule has 2 aliphatic heterocycles. The number of carbonyl (C=O) groups excluding carboxylic acids is 1. The van der Waals surface area contributed by atoms with Crippen molar-refractivity contribution in [3.8, 4) is 0 Å². The molecule has 0 aromatic heterocycles. The molecule has 0 bridgehead atoms. The minimum atomic E-state index is -0.741. The van der Waals surface area contributed by atoms with Crippen LogP contribution in [0.4, 0.5) is 4.79 Å². The zero-order chi connectivity index (χ0) is 17.6. The largest absolute Gasteiger partial charge is 0.444 e. The highest BCUT2D eigenvalue weighted by Gasteiger charge is 2.54. The predicted octanol–water partition coefficient (Wildman–Crippen LogP) is 2.18. The third-order valence-corrected chi connectivity index (χ3v) is 4.65. The summed E-state index contributed by atoms with van der Waals surface area (Å²) in [5, 5.41) is 13.4. The Bertz CT molecular complexity index is 463. The molecule has 0 aromatic rings. The van der Waals surface area contributed by atoms with E-state index in [-0.39, 0.29) is 6.10 Å². The van der Waals surface area contributed by atoms with Crippen LogP contribution in [0.1, 0.15) is 48.0 Å². The van der Waals surface area contributed by atoms with Gasteiger partial charge in [-0.25, -0.2) is 4.79 Å². The normalized spacial score (nSPS) is 32.0. The van der Waals surface area contributed by atoms with E-state index >= 15 is 0 Å². The van der Waals surface area contributed by atoms with Gasteiger partial charge in [-0.1, -0.05) is 0 Å². The number of likely N-dealkylation sites (N-methyl/N-ethyl adjacent to an activating group) is 1. The highest BCUT2D eigenvalue weighted by Crippen LogP contribution is 2.41. The van der Waals surface area contributed by atoms with Crippen LogP contribution in [0.25, 0.3) is 0 Å². The molecule has 0 aliphatic carbocycles. The Hall–Kier alpha value is -0.890. The first-order chi connectivity index (χ1) is 10.3. The van der Waals surface area contributed by atoms with Crippen LogP contribution in [0, 0.1) is 0 Å². The minimum Gasteiger partial charge on any atom is -0.444 e. The van der Waals surface area contributed by atoms with Crippen molar-refractivity contribution < 1.29 is 24.2 Å². The van der Waals surface area contributed by atoms with Gasteiger partial charge in [0.05, 0.1) is 18.7 Å². The van der Waals surface area contributed by atoms with Crippen LogP contribution in [-0.2, 0) is 19.4 Å². The summed E-state index contributed by atoms with van der Waals surface area (Å²) in [6.45, 7) is 11.9. The van der Waals surface area contributed by atoms with E-state index in [0.717, 1.165) is 5.06 Å². The molecule has 0 N–H and O–H groups in total. The Morgan fingerprint density at radius 2 is 1.87 bits per heavy atom. The highest BCUT2D eigenvalue weighted by molar-refractivity contribution is 5.67. The summed E-state index contributed by atoms with van der Waals surface area (Å²) < 4.78 is 16.8. The molecule has 2 heterocycles. The summed E-state index contributed by atoms with van der Waals surface area (Å²) in [7, 11) is 1.67. The molecule has 0 aromatic carbocycles. The van der Waals surface area contributed by atoms with E-state index in [1.807, 2.05) is 41.5 Å². The minimum absolute atomic E-state index is 0.174. The van der Waals surface area contributed by atoms with Crippen molar-refractivity contribution in [1.82, 2.24) is 9.96 Å². The molecule has 1 radical (unpaired) electrons. The molecule has 7 nitrogen and oxygen atoms in total. The van der Waals surface area contributed by atoms with E-state index in [4.69, 9.17) is 14.2 Å². The average Bonchev–Trinajstić information content (AvgIpc) is 2.81. The zero-order valence-corrected chi connectivity index (χ0v) is 15.2. The molecule has 2 atom stereocenters. The van der Waals surface area contributed by atoms with Crippen molar-refractivity contribution in [3.05, 3.63) is 0 Å². The van der Waals surface area contributed by atoms with Gasteiger partial charge in [-0.15, -0.1) is 10.3 Å². The van der Waals surface area contributed by atoms with Crippen molar-refractivity contribution in [2.45, 2.75) is 77.0 Å². The number of hydroxylamine groups is 2. The average molecular weight is 329 g/mol. The number of hydrogen-bond acceptors (Lipinski definition) is 5. The SMILES string of the molecule is CN(CC1COC(C)(C)O1)C(=O)OC1CC(C)(C)N([O])C1(C)C. The van der Waals surface area contributed by atoms with E-state index in [1.54, 1.807) is 7.05 Å². The van der Waals surface area contributed by atoms with E-state index in [2.05, 4.69) is 0 Å². The number of ether oxygens (including phenoxy) is 3. The summed E-state index contributed by atoms with van der Waals surface area (Å²) in [6.07, 6.45) is -0.546. The van der Waals surface area contributed by atoms with Crippen LogP contribution in [-0.4, -0.2) is 65.3 Å². The number of amides is 1. The summed E-state index contributed by atoms with van der Waals surface area (Å²) in [6, 6.07) is 0. The molecule has 0 spiro atoms. The van der Waals surface area contributed by atoms with Gasteiger partial charge in [-0.2, -0.15) is 0 Å². The van der Waals surface area contributed by atoms with Crippen molar-refractivity contribution in [3.63, 3.8) is 0 Å². The number of carbonyl (C=O) groups is 1. The zero-order valence-electron chi connectivity index (χ0n) is 15.2. The topological polar surface area (TPSA) is 71.1 Å². The fraction of sp³-hybridized carbons (Fsp3) is 0.938. The molecule has 2 unspecified atom stereocenters. The Morgan fingerprint density at radius 1 is 1.26 bits per heavy atom. The smallest absolute Gasteiger partial charge is 0.409 e. The third-order valence-electron chi connectivity index (χ3n) is 4.65. The van der Waals surface area contributed by atoms with Crippen LogP contribution < -0.4 is 0 Å². The maximum Gasteiger partial charge on any atom is 0.409 e. The Kier molecular flexibility index (Phi) is 4.71. The Balaban J connectivity index is 1.92. The van der Waals surface area contributed by atoms with E-state index in [1.165, 1.54) is 4.90 Å². The van der Waals surface area contributed by atoms with E-state index < -0.39 is 29.1 Å². The monoisotopic (exact) mass is 329 g/mol. The van der Waals surface area contributed by atoms with Crippen molar-refractivity contribution in [2.24, 2.45) is 0 Å². The van der Waals surface area contributed by atoms with Crippen molar-refractivity contribution >= 4 is 6.09 Å². The van der Waals surface area contributed by atoms with Gasteiger partial charge in [0.1, 0.15) is 12.2 Å². The lowest BCUT2D eigenvalue weighted by molar-refractivity contribution is -0.251. The molecular weight excluding hydrogens is 300 g/mol. The molecule has 23 heavy (non-hydrogen) atoms. The number of rotatable bonds is 3. The first-order valence-electron chi connectivity index (χ1n) is 8.06. The van der Waals surface area contributed by atoms with Gasteiger partial charge < -0.3 is 19.1 Å². The lowest BCUT2D eigenvalue weighted by atomic mass is 9.97. The second-order valence-corrected chi connectivity index (χ2v) is 8.17. The maximum absolute atomic E-state index is 12.3. The van der Waals surface area contributed by atoms with Gasteiger partial charge >= 0.3 is 6.09 Å². The van der Waals surface area contributed by atoms with Crippen LogP contribution in [0.3, 0.4) is 0 Å². The fourth-order valence-corrected chi connectivity index (χ4v) is 3.33. The lowest BCUT2D eigenvalue weighted by Crippen LogP contribution is -2.49. The molecule has 0 saturated carbocycles. The molecule has 1 amide bonds. The highest BCUT2D eigenvalue weighted by atomic mass is 16.7. The summed E-state index contributed by atoms with van der Waals surface area (Å²) in [4.78, 5) is 13.8. The van der Waals surface area contributed by atoms with Crippen molar-refractivity contribution in [1.29, 1.82) is 0 Å². The summed E-state index contributed by atoms with van der Waals surface area (Å²) in [5.41, 5.74) is -1.28. The van der Waals surface area contributed by atoms with Crippen molar-refractivity contribution in [2.75, 3.05) is 20.2 Å². The fourth-order valence-electron chi connectivity index (χ4n) is 3.33. The standard InChI is InChI=1S/C16H29N2O5/c1-14(2)8-12(15(3,4)18(14)20)22-13(19)17(7)9-11-10-21-16(5,6)23-11/h11-12H,8-10H2,1-7H3. The lowest BCUT2D eigenvalue weighted by Gasteiger charge is -2.33. The number of nitrogens with zero attached hydrogens (tertiary/aromatic N) is 2. The Labute approximate surface area is 138 Å². The van der Waals surface area contributed by atoms with Crippen LogP contribution in [0.5, 0.6) is 0 Å². The van der Waals surface area contributed by atoms with Crippen LogP contribution in [0.15, 0.2) is 0 Å². The first-order valence-corrected chi connectivity index (χ1v) is 8.06. The van der Waals surface area contributed by atoms with Gasteiger partial charge in [0, 0.05) is 19.0 Å². The summed E-state index contributed by atoms with van der Waals surface area (Å²) in [5.74, 6) is -0.615. The van der Waals surface area contributed by atoms with Gasteiger partial charge in [-0.3, -0.25) is 0 Å². The quantitative estimate of drug-likeness (QED) is 0.793. The van der Waals surface area contributed by atoms with Gasteiger partial charge in [-0.05, 0) is 41.5 Å². The molecule has 133 valence electrons. The molecule has 2 aliphatic rings. The summed E-state index contributed by atoms with van der Waals surface area (Å²) >= 11 is 0. The molecule has 7 heteroatoms. The van der Waals surface area contributed by atoms with E-state index in [0.29, 0.717) is 19.6 Å². The molecule has 2 fully saturated rings. The second kappa shape index (κ2) is 5.88. The molecule has 2 rings (SSSR count). The van der Waals surface area contributed by atoms with Gasteiger partial charge in [0.2, 0.25) is 0 Å².